The molecule has 0 spiro atoms. The molecule has 2 saturated carbocycles. The average Bonchev–Trinajstić information content (AvgIpc) is 2.97. The average molecular weight is 309 g/mol. The summed E-state index contributed by atoms with van der Waals surface area (Å²) in [5.74, 6) is 1.75. The largest absolute Gasteiger partial charge is 0.458 e. The summed E-state index contributed by atoms with van der Waals surface area (Å²) in [4.78, 5) is 13.2. The Labute approximate surface area is 137 Å². The molecule has 2 fully saturated rings. The van der Waals surface area contributed by atoms with Gasteiger partial charge in [-0.1, -0.05) is 41.5 Å². The van der Waals surface area contributed by atoms with Gasteiger partial charge < -0.3 is 4.74 Å². The minimum absolute atomic E-state index is 0.0480. The van der Waals surface area contributed by atoms with Crippen LogP contribution in [0.4, 0.5) is 0 Å². The quantitative estimate of drug-likeness (QED) is 0.618. The first kappa shape index (κ1) is 17.8. The smallest absolute Gasteiger partial charge is 0.312 e. The molecular formula is C20H36O2. The number of esters is 1. The van der Waals surface area contributed by atoms with Crippen LogP contribution in [0.3, 0.4) is 0 Å². The van der Waals surface area contributed by atoms with Crippen molar-refractivity contribution >= 4 is 5.97 Å². The number of ether oxygens (including phenoxy) is 1. The van der Waals surface area contributed by atoms with Crippen LogP contribution in [0.15, 0.2) is 0 Å². The van der Waals surface area contributed by atoms with Gasteiger partial charge >= 0.3 is 5.97 Å². The van der Waals surface area contributed by atoms with Crippen LogP contribution >= 0.6 is 0 Å². The van der Waals surface area contributed by atoms with Crippen molar-refractivity contribution in [2.24, 2.45) is 28.6 Å². The summed E-state index contributed by atoms with van der Waals surface area (Å²) in [6.45, 7) is 15.3. The van der Waals surface area contributed by atoms with Crippen LogP contribution in [-0.4, -0.2) is 11.6 Å². The van der Waals surface area contributed by atoms with E-state index in [1.165, 1.54) is 19.3 Å². The first-order valence-corrected chi connectivity index (χ1v) is 9.26. The number of fused-ring (bicyclic) bond motifs is 2. The van der Waals surface area contributed by atoms with Crippen molar-refractivity contribution in [2.75, 3.05) is 0 Å². The maximum Gasteiger partial charge on any atom is 0.312 e. The Hall–Kier alpha value is -0.530. The van der Waals surface area contributed by atoms with Gasteiger partial charge in [-0.3, -0.25) is 4.79 Å². The molecule has 4 atom stereocenters. The highest BCUT2D eigenvalue weighted by atomic mass is 16.6. The van der Waals surface area contributed by atoms with E-state index in [-0.39, 0.29) is 22.4 Å². The Morgan fingerprint density at radius 2 is 1.86 bits per heavy atom. The van der Waals surface area contributed by atoms with Crippen molar-refractivity contribution in [3.05, 3.63) is 0 Å². The Morgan fingerprint density at radius 1 is 1.23 bits per heavy atom. The minimum atomic E-state index is -0.387. The second kappa shape index (κ2) is 5.83. The van der Waals surface area contributed by atoms with Crippen molar-refractivity contribution in [1.82, 2.24) is 0 Å². The molecule has 0 amide bonds. The van der Waals surface area contributed by atoms with E-state index in [1.807, 2.05) is 0 Å². The first-order valence-electron chi connectivity index (χ1n) is 9.26. The van der Waals surface area contributed by atoms with Crippen LogP contribution in [0, 0.1) is 28.6 Å². The van der Waals surface area contributed by atoms with E-state index in [0.717, 1.165) is 25.2 Å². The second-order valence-corrected chi connectivity index (χ2v) is 9.70. The van der Waals surface area contributed by atoms with Crippen LogP contribution in [0.25, 0.3) is 0 Å². The highest BCUT2D eigenvalue weighted by Gasteiger charge is 2.54. The minimum Gasteiger partial charge on any atom is -0.458 e. The summed E-state index contributed by atoms with van der Waals surface area (Å²) >= 11 is 0. The lowest BCUT2D eigenvalue weighted by Crippen LogP contribution is -2.46. The Kier molecular flexibility index (Phi) is 4.73. The molecule has 0 radical (unpaired) electrons. The number of rotatable bonds is 5. The predicted molar refractivity (Wildman–Crippen MR) is 91.6 cm³/mol. The van der Waals surface area contributed by atoms with Gasteiger partial charge in [-0.2, -0.15) is 0 Å². The van der Waals surface area contributed by atoms with Crippen LogP contribution in [0.2, 0.25) is 0 Å². The fourth-order valence-electron chi connectivity index (χ4n) is 4.94. The molecule has 0 aromatic rings. The fraction of sp³-hybridized carbons (Fsp3) is 0.950. The van der Waals surface area contributed by atoms with Crippen molar-refractivity contribution in [2.45, 2.75) is 92.6 Å². The standard InChI is InChI=1S/C20H36O2/c1-8-20(12-15-9-10-16(20)11-15)22-17(21)19(7,14(2)3)13-18(4,5)6/h14-16H,8-13H2,1-7H3. The van der Waals surface area contributed by atoms with Crippen molar-refractivity contribution in [3.8, 4) is 0 Å². The molecule has 0 aliphatic heterocycles. The molecule has 2 heteroatoms. The SMILES string of the molecule is CCC1(OC(=O)C(C)(CC(C)(C)C)C(C)C)CC2CCC1C2. The molecule has 128 valence electrons. The van der Waals surface area contributed by atoms with Gasteiger partial charge in [0.25, 0.3) is 0 Å². The topological polar surface area (TPSA) is 26.3 Å². The van der Waals surface area contributed by atoms with E-state index < -0.39 is 0 Å². The van der Waals surface area contributed by atoms with Crippen molar-refractivity contribution < 1.29 is 9.53 Å². The lowest BCUT2D eigenvalue weighted by Gasteiger charge is -2.43. The Bertz CT molecular complexity index is 420. The third-order valence-electron chi connectivity index (χ3n) is 6.45. The molecule has 2 aliphatic rings. The van der Waals surface area contributed by atoms with E-state index in [9.17, 15) is 4.79 Å². The van der Waals surface area contributed by atoms with Crippen LogP contribution in [-0.2, 0) is 9.53 Å². The monoisotopic (exact) mass is 308 g/mol. The van der Waals surface area contributed by atoms with E-state index >= 15 is 0 Å². The molecule has 0 aromatic carbocycles. The van der Waals surface area contributed by atoms with E-state index in [0.29, 0.717) is 11.8 Å². The predicted octanol–water partition coefficient (Wildman–Crippen LogP) is 5.60. The Balaban J connectivity index is 2.18. The summed E-state index contributed by atoms with van der Waals surface area (Å²) in [7, 11) is 0. The summed E-state index contributed by atoms with van der Waals surface area (Å²) < 4.78 is 6.32. The number of carbonyl (C=O) groups excluding carboxylic acids is 1. The van der Waals surface area contributed by atoms with Gasteiger partial charge in [-0.15, -0.1) is 0 Å². The lowest BCUT2D eigenvalue weighted by atomic mass is 9.68. The number of hydrogen-bond acceptors (Lipinski definition) is 2. The summed E-state index contributed by atoms with van der Waals surface area (Å²) in [5, 5.41) is 0. The van der Waals surface area contributed by atoms with Crippen molar-refractivity contribution in [1.29, 1.82) is 0 Å². The molecule has 0 saturated heterocycles. The third kappa shape index (κ3) is 3.21. The molecule has 22 heavy (non-hydrogen) atoms. The second-order valence-electron chi connectivity index (χ2n) is 9.70. The maximum atomic E-state index is 13.2. The van der Waals surface area contributed by atoms with Crippen molar-refractivity contribution in [3.63, 3.8) is 0 Å². The zero-order chi connectivity index (χ0) is 16.8. The van der Waals surface area contributed by atoms with Gasteiger partial charge in [0, 0.05) is 0 Å². The van der Waals surface area contributed by atoms with Crippen LogP contribution in [0.5, 0.6) is 0 Å². The van der Waals surface area contributed by atoms with Crippen LogP contribution < -0.4 is 0 Å². The van der Waals surface area contributed by atoms with E-state index in [4.69, 9.17) is 4.74 Å². The number of hydrogen-bond donors (Lipinski definition) is 0. The molecule has 2 aliphatic carbocycles. The van der Waals surface area contributed by atoms with E-state index in [1.54, 1.807) is 0 Å². The highest BCUT2D eigenvalue weighted by molar-refractivity contribution is 5.77. The Morgan fingerprint density at radius 3 is 2.23 bits per heavy atom. The lowest BCUT2D eigenvalue weighted by molar-refractivity contribution is -0.183. The molecule has 0 aromatic heterocycles. The molecule has 2 nitrogen and oxygen atoms in total. The molecule has 0 heterocycles. The molecule has 2 rings (SSSR count). The number of carbonyl (C=O) groups is 1. The third-order valence-corrected chi connectivity index (χ3v) is 6.45. The van der Waals surface area contributed by atoms with Gasteiger partial charge in [0.15, 0.2) is 0 Å². The summed E-state index contributed by atoms with van der Waals surface area (Å²) in [5.41, 5.74) is -0.414. The van der Waals surface area contributed by atoms with E-state index in [2.05, 4.69) is 48.5 Å². The first-order chi connectivity index (χ1) is 10.0. The molecule has 0 N–H and O–H groups in total. The van der Waals surface area contributed by atoms with Gasteiger partial charge in [0.05, 0.1) is 5.41 Å². The van der Waals surface area contributed by atoms with Gasteiger partial charge in [0.2, 0.25) is 0 Å². The highest BCUT2D eigenvalue weighted by Crippen LogP contribution is 2.55. The fourth-order valence-corrected chi connectivity index (χ4v) is 4.94. The normalized spacial score (nSPS) is 34.0. The summed E-state index contributed by atoms with van der Waals surface area (Å²) in [6.07, 6.45) is 6.83. The zero-order valence-electron chi connectivity index (χ0n) is 15.8. The molecule has 2 bridgehead atoms. The van der Waals surface area contributed by atoms with Crippen LogP contribution in [0.1, 0.15) is 87.0 Å². The maximum absolute atomic E-state index is 13.2. The zero-order valence-corrected chi connectivity index (χ0v) is 15.8. The molecule has 4 unspecified atom stereocenters. The summed E-state index contributed by atoms with van der Waals surface area (Å²) in [6, 6.07) is 0. The molecular weight excluding hydrogens is 272 g/mol. The van der Waals surface area contributed by atoms with Gasteiger partial charge in [-0.05, 0) is 68.6 Å². The van der Waals surface area contributed by atoms with Gasteiger partial charge in [0.1, 0.15) is 5.60 Å². The van der Waals surface area contributed by atoms with Gasteiger partial charge in [-0.25, -0.2) is 0 Å².